The number of carbonyl (C=O) groups is 2. The summed E-state index contributed by atoms with van der Waals surface area (Å²) in [7, 11) is 1.64. The maximum Gasteiger partial charge on any atom is 0.313 e. The number of likely N-dealkylation sites (N-methyl/N-ethyl adjacent to an activating group) is 1. The summed E-state index contributed by atoms with van der Waals surface area (Å²) in [4.78, 5) is 26.2. The first-order valence-electron chi connectivity index (χ1n) is 8.27. The molecule has 24 heavy (non-hydrogen) atoms. The van der Waals surface area contributed by atoms with E-state index in [2.05, 4.69) is 5.32 Å². The summed E-state index contributed by atoms with van der Waals surface area (Å²) in [6.45, 7) is 4.48. The first-order chi connectivity index (χ1) is 11.6. The number of hydrogen-bond donors (Lipinski definition) is 1. The smallest absolute Gasteiger partial charge is 0.313 e. The molecule has 4 nitrogen and oxygen atoms in total. The molecule has 2 rings (SSSR count). The van der Waals surface area contributed by atoms with Crippen molar-refractivity contribution in [2.45, 2.75) is 33.2 Å². The van der Waals surface area contributed by atoms with E-state index in [1.54, 1.807) is 7.05 Å². The van der Waals surface area contributed by atoms with Gasteiger partial charge >= 0.3 is 11.8 Å². The van der Waals surface area contributed by atoms with Crippen LogP contribution in [0.1, 0.15) is 30.5 Å². The zero-order chi connectivity index (χ0) is 17.5. The van der Waals surface area contributed by atoms with Crippen LogP contribution in [0.3, 0.4) is 0 Å². The fourth-order valence-electron chi connectivity index (χ4n) is 2.67. The van der Waals surface area contributed by atoms with E-state index in [4.69, 9.17) is 0 Å². The van der Waals surface area contributed by atoms with Crippen molar-refractivity contribution in [3.63, 3.8) is 0 Å². The van der Waals surface area contributed by atoms with E-state index in [1.165, 1.54) is 4.90 Å². The third-order valence-corrected chi connectivity index (χ3v) is 4.04. The Morgan fingerprint density at radius 1 is 0.917 bits per heavy atom. The van der Waals surface area contributed by atoms with E-state index in [0.29, 0.717) is 6.54 Å². The average Bonchev–Trinajstić information content (AvgIpc) is 2.61. The summed E-state index contributed by atoms with van der Waals surface area (Å²) >= 11 is 0. The van der Waals surface area contributed by atoms with Gasteiger partial charge in [0.2, 0.25) is 0 Å². The van der Waals surface area contributed by atoms with Gasteiger partial charge in [-0.3, -0.25) is 9.59 Å². The molecule has 2 amide bonds. The molecule has 0 bridgehead atoms. The Bertz CT molecular complexity index is 689. The molecular weight excluding hydrogens is 300 g/mol. The quantitative estimate of drug-likeness (QED) is 0.857. The highest BCUT2D eigenvalue weighted by Gasteiger charge is 2.20. The second kappa shape index (κ2) is 8.29. The van der Waals surface area contributed by atoms with Crippen molar-refractivity contribution in [2.24, 2.45) is 0 Å². The number of para-hydroxylation sites is 1. The first-order valence-corrected chi connectivity index (χ1v) is 8.27. The van der Waals surface area contributed by atoms with Gasteiger partial charge < -0.3 is 10.2 Å². The molecule has 1 N–H and O–H groups in total. The molecule has 0 heterocycles. The zero-order valence-electron chi connectivity index (χ0n) is 14.5. The largest absolute Gasteiger partial charge is 0.333 e. The van der Waals surface area contributed by atoms with Crippen LogP contribution >= 0.6 is 0 Å². The van der Waals surface area contributed by atoms with Crippen molar-refractivity contribution in [2.75, 3.05) is 12.4 Å². The van der Waals surface area contributed by atoms with Gasteiger partial charge in [0.25, 0.3) is 0 Å². The van der Waals surface area contributed by atoms with Gasteiger partial charge in [-0.25, -0.2) is 0 Å². The lowest BCUT2D eigenvalue weighted by molar-refractivity contribution is -0.142. The van der Waals surface area contributed by atoms with E-state index in [1.807, 2.05) is 62.4 Å². The van der Waals surface area contributed by atoms with Gasteiger partial charge in [-0.15, -0.1) is 0 Å². The molecule has 0 saturated carbocycles. The van der Waals surface area contributed by atoms with Crippen LogP contribution in [0.5, 0.6) is 0 Å². The molecule has 2 aromatic carbocycles. The SMILES string of the molecule is CCc1cccc(CC)c1NC(=O)C(=O)N(C)Cc1ccccc1. The molecule has 0 aliphatic carbocycles. The lowest BCUT2D eigenvalue weighted by Gasteiger charge is -2.19. The minimum atomic E-state index is -0.593. The number of benzene rings is 2. The van der Waals surface area contributed by atoms with Crippen LogP contribution < -0.4 is 5.32 Å². The topological polar surface area (TPSA) is 49.4 Å². The second-order valence-electron chi connectivity index (χ2n) is 5.76. The summed E-state index contributed by atoms with van der Waals surface area (Å²) in [5.74, 6) is -1.13. The predicted octanol–water partition coefficient (Wildman–Crippen LogP) is 3.41. The van der Waals surface area contributed by atoms with Crippen molar-refractivity contribution >= 4 is 17.5 Å². The lowest BCUT2D eigenvalue weighted by atomic mass is 10.0. The maximum atomic E-state index is 12.4. The third kappa shape index (κ3) is 4.22. The number of nitrogens with one attached hydrogen (secondary N) is 1. The minimum Gasteiger partial charge on any atom is -0.333 e. The van der Waals surface area contributed by atoms with Crippen LogP contribution in [-0.2, 0) is 29.0 Å². The van der Waals surface area contributed by atoms with Crippen LogP contribution in [0.2, 0.25) is 0 Å². The van der Waals surface area contributed by atoms with Gasteiger partial charge in [-0.2, -0.15) is 0 Å². The van der Waals surface area contributed by atoms with E-state index >= 15 is 0 Å². The predicted molar refractivity (Wildman–Crippen MR) is 96.7 cm³/mol. The number of nitrogens with zero attached hydrogens (tertiary/aromatic N) is 1. The molecule has 0 aliphatic heterocycles. The van der Waals surface area contributed by atoms with Gasteiger partial charge in [0, 0.05) is 19.3 Å². The van der Waals surface area contributed by atoms with Crippen LogP contribution in [0, 0.1) is 0 Å². The molecule has 0 spiro atoms. The van der Waals surface area contributed by atoms with E-state index in [-0.39, 0.29) is 0 Å². The first kappa shape index (κ1) is 17.7. The molecule has 0 atom stereocenters. The van der Waals surface area contributed by atoms with Crippen molar-refractivity contribution in [1.29, 1.82) is 0 Å². The molecule has 0 unspecified atom stereocenters. The standard InChI is InChI=1S/C20H24N2O2/c1-4-16-12-9-13-17(5-2)18(16)21-19(23)20(24)22(3)14-15-10-7-6-8-11-15/h6-13H,4-5,14H2,1-3H3,(H,21,23). The normalized spacial score (nSPS) is 10.3. The van der Waals surface area contributed by atoms with Gasteiger partial charge in [-0.05, 0) is 29.5 Å². The Balaban J connectivity index is 2.10. The minimum absolute atomic E-state index is 0.406. The van der Waals surface area contributed by atoms with Crippen LogP contribution in [-0.4, -0.2) is 23.8 Å². The van der Waals surface area contributed by atoms with Gasteiger partial charge in [0.05, 0.1) is 0 Å². The molecule has 0 radical (unpaired) electrons. The van der Waals surface area contributed by atoms with Crippen molar-refractivity contribution in [3.05, 3.63) is 65.2 Å². The Morgan fingerprint density at radius 2 is 1.50 bits per heavy atom. The number of rotatable bonds is 5. The summed E-state index contributed by atoms with van der Waals surface area (Å²) in [6.07, 6.45) is 1.61. The number of aryl methyl sites for hydroxylation is 2. The number of amides is 2. The Labute approximate surface area is 143 Å². The van der Waals surface area contributed by atoms with Gasteiger partial charge in [0.15, 0.2) is 0 Å². The maximum absolute atomic E-state index is 12.4. The molecule has 0 aromatic heterocycles. The number of carbonyl (C=O) groups excluding carboxylic acids is 2. The third-order valence-electron chi connectivity index (χ3n) is 4.04. The highest BCUT2D eigenvalue weighted by atomic mass is 16.2. The second-order valence-corrected chi connectivity index (χ2v) is 5.76. The highest BCUT2D eigenvalue weighted by Crippen LogP contribution is 2.22. The molecule has 2 aromatic rings. The number of hydrogen-bond acceptors (Lipinski definition) is 2. The van der Waals surface area contributed by atoms with Gasteiger partial charge in [-0.1, -0.05) is 62.4 Å². The summed E-state index contributed by atoms with van der Waals surface area (Å²) in [6, 6.07) is 15.6. The van der Waals surface area contributed by atoms with E-state index in [9.17, 15) is 9.59 Å². The Hall–Kier alpha value is -2.62. The fraction of sp³-hybridized carbons (Fsp3) is 0.300. The fourth-order valence-corrected chi connectivity index (χ4v) is 2.67. The Morgan fingerprint density at radius 3 is 2.04 bits per heavy atom. The van der Waals surface area contributed by atoms with Crippen LogP contribution in [0.4, 0.5) is 5.69 Å². The molecule has 0 saturated heterocycles. The van der Waals surface area contributed by atoms with Crippen molar-refractivity contribution in [1.82, 2.24) is 4.90 Å². The summed E-state index contributed by atoms with van der Waals surface area (Å²) < 4.78 is 0. The molecule has 4 heteroatoms. The zero-order valence-corrected chi connectivity index (χ0v) is 14.5. The van der Waals surface area contributed by atoms with Gasteiger partial charge in [0.1, 0.15) is 0 Å². The highest BCUT2D eigenvalue weighted by molar-refractivity contribution is 6.39. The monoisotopic (exact) mass is 324 g/mol. The molecule has 0 aliphatic rings. The van der Waals surface area contributed by atoms with E-state index < -0.39 is 11.8 Å². The lowest BCUT2D eigenvalue weighted by Crippen LogP contribution is -2.37. The van der Waals surface area contributed by atoms with Crippen LogP contribution in [0.15, 0.2) is 48.5 Å². The number of anilines is 1. The van der Waals surface area contributed by atoms with Crippen LogP contribution in [0.25, 0.3) is 0 Å². The van der Waals surface area contributed by atoms with E-state index in [0.717, 1.165) is 35.2 Å². The molecular formula is C20H24N2O2. The molecule has 126 valence electrons. The van der Waals surface area contributed by atoms with Crippen molar-refractivity contribution in [3.8, 4) is 0 Å². The van der Waals surface area contributed by atoms with Crippen molar-refractivity contribution < 1.29 is 9.59 Å². The average molecular weight is 324 g/mol. The summed E-state index contributed by atoms with van der Waals surface area (Å²) in [5.41, 5.74) is 3.85. The summed E-state index contributed by atoms with van der Waals surface area (Å²) in [5, 5.41) is 2.82. The molecule has 0 fully saturated rings. The Kier molecular flexibility index (Phi) is 6.13.